The quantitative estimate of drug-likeness (QED) is 0.173. The monoisotopic (exact) mass is 516 g/mol. The molecule has 38 heavy (non-hydrogen) atoms. The molecule has 0 saturated heterocycles. The molecule has 4 aromatic rings. The zero-order valence-electron chi connectivity index (χ0n) is 20.9. The van der Waals surface area contributed by atoms with Crippen LogP contribution in [0.25, 0.3) is 10.9 Å². The number of pyridine rings is 1. The number of fused-ring (bicyclic) bond motifs is 1. The van der Waals surface area contributed by atoms with Gasteiger partial charge in [0.2, 0.25) is 0 Å². The van der Waals surface area contributed by atoms with Crippen LogP contribution < -0.4 is 30.6 Å². The van der Waals surface area contributed by atoms with Crippen LogP contribution in [-0.2, 0) is 9.59 Å². The molecule has 10 heteroatoms. The summed E-state index contributed by atoms with van der Waals surface area (Å²) in [6, 6.07) is 15.5. The molecule has 1 heterocycles. The number of amides is 2. The first-order valence-corrected chi connectivity index (χ1v) is 11.4. The summed E-state index contributed by atoms with van der Waals surface area (Å²) in [6.07, 6.45) is 2.54. The second kappa shape index (κ2) is 11.3. The molecule has 0 atom stereocenters. The third-order valence-electron chi connectivity index (χ3n) is 5.62. The molecule has 0 aliphatic carbocycles. The second-order valence-corrected chi connectivity index (χ2v) is 8.11. The van der Waals surface area contributed by atoms with Crippen LogP contribution in [-0.4, -0.2) is 31.0 Å². The van der Waals surface area contributed by atoms with Gasteiger partial charge in [0.05, 0.1) is 19.7 Å². The minimum Gasteiger partial charge on any atom is -0.493 e. The van der Waals surface area contributed by atoms with Gasteiger partial charge in [-0.15, -0.1) is 0 Å². The minimum absolute atomic E-state index is 0.306. The van der Waals surface area contributed by atoms with Gasteiger partial charge in [-0.05, 0) is 67.1 Å². The fourth-order valence-electron chi connectivity index (χ4n) is 3.68. The molecule has 0 radical (unpaired) electrons. The highest BCUT2D eigenvalue weighted by atomic mass is 19.1. The minimum atomic E-state index is -0.732. The molecule has 2 amide bonds. The molecule has 0 aliphatic heterocycles. The Bertz CT molecular complexity index is 1540. The number of nitrogens with zero attached hydrogens (tertiary/aromatic N) is 1. The van der Waals surface area contributed by atoms with Gasteiger partial charge in [0.1, 0.15) is 22.9 Å². The van der Waals surface area contributed by atoms with Crippen molar-refractivity contribution in [3.8, 4) is 23.0 Å². The normalized spacial score (nSPS) is 11.1. The van der Waals surface area contributed by atoms with E-state index >= 15 is 0 Å². The fourth-order valence-corrected chi connectivity index (χ4v) is 3.68. The molecule has 0 saturated carbocycles. The third-order valence-corrected chi connectivity index (χ3v) is 5.62. The predicted octanol–water partition coefficient (Wildman–Crippen LogP) is 4.91. The number of rotatable bonds is 8. The lowest BCUT2D eigenvalue weighted by Gasteiger charge is -2.14. The lowest BCUT2D eigenvalue weighted by molar-refractivity contribution is -0.118. The van der Waals surface area contributed by atoms with E-state index in [2.05, 4.69) is 15.6 Å². The first kappa shape index (κ1) is 26.0. The summed E-state index contributed by atoms with van der Waals surface area (Å²) in [5, 5.41) is 5.89. The van der Waals surface area contributed by atoms with Gasteiger partial charge in [0.15, 0.2) is 11.5 Å². The van der Waals surface area contributed by atoms with Gasteiger partial charge in [-0.1, -0.05) is 0 Å². The molecule has 9 nitrogen and oxygen atoms in total. The van der Waals surface area contributed by atoms with Crippen LogP contribution in [0.1, 0.15) is 5.56 Å². The van der Waals surface area contributed by atoms with E-state index in [1.165, 1.54) is 24.3 Å². The molecular weight excluding hydrogens is 491 g/mol. The van der Waals surface area contributed by atoms with E-state index in [1.54, 1.807) is 56.8 Å². The van der Waals surface area contributed by atoms with Crippen molar-refractivity contribution in [1.29, 1.82) is 0 Å². The molecule has 0 aliphatic rings. The van der Waals surface area contributed by atoms with E-state index in [-0.39, 0.29) is 5.57 Å². The molecule has 4 N–H and O–H groups in total. The van der Waals surface area contributed by atoms with Crippen molar-refractivity contribution < 1.29 is 28.2 Å². The second-order valence-electron chi connectivity index (χ2n) is 8.11. The average molecular weight is 517 g/mol. The number of aryl methyl sites for hydroxylation is 1. The van der Waals surface area contributed by atoms with Gasteiger partial charge in [-0.25, -0.2) is 4.39 Å². The number of benzene rings is 3. The molecular formula is C28H25FN4O5. The standard InChI is InChI=1S/C28H25FN4O5/c1-16-12-19(33-28(35)21(15-30)27(34)32-18-6-4-17(29)5-7-18)8-9-23(16)38-24-10-11-31-22-14-26(37-3)25(36-2)13-20(22)24/h4-15H,30H2,1-3H3,(H,32,34)(H,33,35)/b21-15+. The zero-order valence-corrected chi connectivity index (χ0v) is 20.9. The van der Waals surface area contributed by atoms with Crippen LogP contribution in [0.4, 0.5) is 15.8 Å². The molecule has 3 aromatic carbocycles. The largest absolute Gasteiger partial charge is 0.493 e. The van der Waals surface area contributed by atoms with Crippen molar-refractivity contribution in [3.05, 3.63) is 90.0 Å². The topological polar surface area (TPSA) is 125 Å². The molecule has 0 bridgehead atoms. The van der Waals surface area contributed by atoms with Crippen molar-refractivity contribution in [2.24, 2.45) is 5.73 Å². The van der Waals surface area contributed by atoms with Crippen LogP contribution in [0.15, 0.2) is 78.6 Å². The maximum atomic E-state index is 13.1. The number of halogens is 1. The van der Waals surface area contributed by atoms with Crippen molar-refractivity contribution in [2.75, 3.05) is 24.9 Å². The summed E-state index contributed by atoms with van der Waals surface area (Å²) in [7, 11) is 3.10. The number of nitrogens with one attached hydrogen (secondary N) is 2. The summed E-state index contributed by atoms with van der Waals surface area (Å²) in [6.45, 7) is 1.82. The molecule has 4 rings (SSSR count). The molecule has 1 aromatic heterocycles. The van der Waals surface area contributed by atoms with E-state index in [0.29, 0.717) is 39.9 Å². The average Bonchev–Trinajstić information content (AvgIpc) is 2.91. The Labute approximate surface area is 218 Å². The number of nitrogens with two attached hydrogens (primary N) is 1. The summed E-state index contributed by atoms with van der Waals surface area (Å²) in [5.74, 6) is 0.315. The number of hydrogen-bond donors (Lipinski definition) is 3. The van der Waals surface area contributed by atoms with E-state index in [9.17, 15) is 14.0 Å². The lowest BCUT2D eigenvalue weighted by Crippen LogP contribution is -2.26. The Balaban J connectivity index is 1.50. The van der Waals surface area contributed by atoms with Gasteiger partial charge < -0.3 is 30.6 Å². The third kappa shape index (κ3) is 5.65. The smallest absolute Gasteiger partial charge is 0.262 e. The molecule has 0 spiro atoms. The van der Waals surface area contributed by atoms with Gasteiger partial charge in [-0.3, -0.25) is 14.6 Å². The zero-order chi connectivity index (χ0) is 27.2. The highest BCUT2D eigenvalue weighted by Crippen LogP contribution is 2.37. The highest BCUT2D eigenvalue weighted by molar-refractivity contribution is 6.26. The Morgan fingerprint density at radius 2 is 1.47 bits per heavy atom. The van der Waals surface area contributed by atoms with Gasteiger partial charge in [0.25, 0.3) is 11.8 Å². The van der Waals surface area contributed by atoms with Crippen molar-refractivity contribution in [2.45, 2.75) is 6.92 Å². The Hall–Kier alpha value is -5.12. The Kier molecular flexibility index (Phi) is 7.72. The van der Waals surface area contributed by atoms with Crippen molar-refractivity contribution in [1.82, 2.24) is 4.98 Å². The lowest BCUT2D eigenvalue weighted by atomic mass is 10.1. The van der Waals surface area contributed by atoms with E-state index in [1.807, 2.05) is 6.92 Å². The van der Waals surface area contributed by atoms with Crippen LogP contribution in [0.3, 0.4) is 0 Å². The van der Waals surface area contributed by atoms with Crippen LogP contribution >= 0.6 is 0 Å². The van der Waals surface area contributed by atoms with Crippen molar-refractivity contribution in [3.63, 3.8) is 0 Å². The van der Waals surface area contributed by atoms with Crippen molar-refractivity contribution >= 4 is 34.1 Å². The maximum absolute atomic E-state index is 13.1. The summed E-state index contributed by atoms with van der Waals surface area (Å²) in [4.78, 5) is 29.6. The Morgan fingerprint density at radius 1 is 0.842 bits per heavy atom. The molecule has 0 fully saturated rings. The first-order chi connectivity index (χ1) is 18.3. The molecule has 194 valence electrons. The first-order valence-electron chi connectivity index (χ1n) is 11.4. The summed E-state index contributed by atoms with van der Waals surface area (Å²) < 4.78 is 30.0. The highest BCUT2D eigenvalue weighted by Gasteiger charge is 2.19. The Morgan fingerprint density at radius 3 is 2.11 bits per heavy atom. The van der Waals surface area contributed by atoms with Crippen LogP contribution in [0.5, 0.6) is 23.0 Å². The number of ether oxygens (including phenoxy) is 3. The SMILES string of the molecule is COc1cc2nccc(Oc3ccc(NC(=O)/C(=C/N)C(=O)Nc4ccc(F)cc4)cc3C)c2cc1OC. The number of hydrogen-bond acceptors (Lipinski definition) is 7. The summed E-state index contributed by atoms with van der Waals surface area (Å²) in [5.41, 5.74) is 7.38. The number of anilines is 2. The number of methoxy groups -OCH3 is 2. The maximum Gasteiger partial charge on any atom is 0.262 e. The van der Waals surface area contributed by atoms with Crippen LogP contribution in [0, 0.1) is 12.7 Å². The predicted molar refractivity (Wildman–Crippen MR) is 142 cm³/mol. The summed E-state index contributed by atoms with van der Waals surface area (Å²) >= 11 is 0. The fraction of sp³-hybridized carbons (Fsp3) is 0.107. The van der Waals surface area contributed by atoms with E-state index < -0.39 is 17.6 Å². The van der Waals surface area contributed by atoms with E-state index in [4.69, 9.17) is 19.9 Å². The number of carbonyl (C=O) groups is 2. The van der Waals surface area contributed by atoms with Crippen LogP contribution in [0.2, 0.25) is 0 Å². The van der Waals surface area contributed by atoms with Gasteiger partial charge in [-0.2, -0.15) is 0 Å². The van der Waals surface area contributed by atoms with E-state index in [0.717, 1.165) is 17.1 Å². The number of carbonyl (C=O) groups excluding carboxylic acids is 2. The number of aromatic nitrogens is 1. The van der Waals surface area contributed by atoms with Gasteiger partial charge >= 0.3 is 0 Å². The van der Waals surface area contributed by atoms with Gasteiger partial charge in [0, 0.05) is 35.2 Å². The molecule has 0 unspecified atom stereocenters.